The van der Waals surface area contributed by atoms with Crippen molar-refractivity contribution < 1.29 is 8.42 Å². The number of aryl methyl sites for hydroxylation is 1. The average Bonchev–Trinajstić information content (AvgIpc) is 1.82. The lowest BCUT2D eigenvalue weighted by Crippen LogP contribution is -2.03. The van der Waals surface area contributed by atoms with Crippen LogP contribution in [0.5, 0.6) is 0 Å². The molecule has 1 aromatic heterocycles. The van der Waals surface area contributed by atoms with E-state index in [1.165, 1.54) is 6.07 Å². The standard InChI is InChI=1S/C7H10N2O2S/c1-5-3-6(8)9-7(4-5)12(2,10)11/h3-4H,1-2H3,(H2,8,9). The van der Waals surface area contributed by atoms with Gasteiger partial charge in [0.05, 0.1) is 0 Å². The summed E-state index contributed by atoms with van der Waals surface area (Å²) in [6.07, 6.45) is 1.11. The van der Waals surface area contributed by atoms with Gasteiger partial charge in [-0.15, -0.1) is 0 Å². The zero-order valence-corrected chi connectivity index (χ0v) is 7.72. The van der Waals surface area contributed by atoms with Crippen LogP contribution in [-0.2, 0) is 9.84 Å². The Balaban J connectivity index is 3.37. The monoisotopic (exact) mass is 186 g/mol. The molecule has 0 atom stereocenters. The predicted octanol–water partition coefficient (Wildman–Crippen LogP) is 0.376. The molecule has 0 aliphatic rings. The third-order valence-corrected chi connectivity index (χ3v) is 2.31. The summed E-state index contributed by atoms with van der Waals surface area (Å²) in [5.41, 5.74) is 6.17. The number of nitrogen functional groups attached to an aromatic ring is 1. The summed E-state index contributed by atoms with van der Waals surface area (Å²) in [5, 5.41) is 0.0278. The highest BCUT2D eigenvalue weighted by molar-refractivity contribution is 7.90. The van der Waals surface area contributed by atoms with E-state index in [1.54, 1.807) is 13.0 Å². The SMILES string of the molecule is Cc1cc(N)nc(S(C)(=O)=O)c1. The number of hydrogen-bond donors (Lipinski definition) is 1. The van der Waals surface area contributed by atoms with E-state index in [2.05, 4.69) is 4.98 Å². The normalized spacial score (nSPS) is 11.5. The van der Waals surface area contributed by atoms with E-state index in [1.807, 2.05) is 0 Å². The number of sulfone groups is 1. The van der Waals surface area contributed by atoms with E-state index in [0.717, 1.165) is 11.8 Å². The van der Waals surface area contributed by atoms with Crippen LogP contribution in [-0.4, -0.2) is 19.7 Å². The lowest BCUT2D eigenvalue weighted by molar-refractivity contribution is 0.598. The van der Waals surface area contributed by atoms with Gasteiger partial charge in [-0.25, -0.2) is 13.4 Å². The van der Waals surface area contributed by atoms with E-state index < -0.39 is 9.84 Å². The molecule has 0 saturated carbocycles. The van der Waals surface area contributed by atoms with E-state index >= 15 is 0 Å². The van der Waals surface area contributed by atoms with Gasteiger partial charge in [-0.2, -0.15) is 0 Å². The van der Waals surface area contributed by atoms with Gasteiger partial charge >= 0.3 is 0 Å². The van der Waals surface area contributed by atoms with Crippen molar-refractivity contribution in [3.8, 4) is 0 Å². The molecule has 0 radical (unpaired) electrons. The van der Waals surface area contributed by atoms with Gasteiger partial charge in [-0.1, -0.05) is 0 Å². The first-order chi connectivity index (χ1) is 5.39. The van der Waals surface area contributed by atoms with Crippen molar-refractivity contribution in [2.45, 2.75) is 11.9 Å². The highest BCUT2D eigenvalue weighted by Crippen LogP contribution is 2.10. The highest BCUT2D eigenvalue weighted by atomic mass is 32.2. The van der Waals surface area contributed by atoms with Gasteiger partial charge in [0.1, 0.15) is 5.82 Å². The summed E-state index contributed by atoms with van der Waals surface area (Å²) in [6, 6.07) is 3.11. The number of hydrogen-bond acceptors (Lipinski definition) is 4. The van der Waals surface area contributed by atoms with Gasteiger partial charge in [0.15, 0.2) is 14.9 Å². The molecule has 1 aromatic rings. The maximum absolute atomic E-state index is 11.0. The molecule has 0 aliphatic heterocycles. The van der Waals surface area contributed by atoms with Crippen LogP contribution >= 0.6 is 0 Å². The Hall–Kier alpha value is -1.10. The molecule has 2 N–H and O–H groups in total. The lowest BCUT2D eigenvalue weighted by Gasteiger charge is -2.00. The van der Waals surface area contributed by atoms with Crippen LogP contribution in [0.2, 0.25) is 0 Å². The fourth-order valence-electron chi connectivity index (χ4n) is 0.851. The Bertz CT molecular complexity index is 378. The topological polar surface area (TPSA) is 73.0 Å². The summed E-state index contributed by atoms with van der Waals surface area (Å²) in [4.78, 5) is 3.70. The Morgan fingerprint density at radius 2 is 2.00 bits per heavy atom. The van der Waals surface area contributed by atoms with E-state index in [4.69, 9.17) is 5.73 Å². The van der Waals surface area contributed by atoms with Gasteiger partial charge in [-0.3, -0.25) is 0 Å². The second kappa shape index (κ2) is 2.75. The number of nitrogens with two attached hydrogens (primary N) is 1. The summed E-state index contributed by atoms with van der Waals surface area (Å²) in [7, 11) is -3.24. The highest BCUT2D eigenvalue weighted by Gasteiger charge is 2.09. The minimum Gasteiger partial charge on any atom is -0.384 e. The molecular weight excluding hydrogens is 176 g/mol. The predicted molar refractivity (Wildman–Crippen MR) is 46.5 cm³/mol. The molecule has 0 saturated heterocycles. The fourth-order valence-corrected chi connectivity index (χ4v) is 1.52. The van der Waals surface area contributed by atoms with Crippen molar-refractivity contribution in [1.82, 2.24) is 4.98 Å². The quantitative estimate of drug-likeness (QED) is 0.688. The molecule has 1 rings (SSSR count). The second-order valence-corrected chi connectivity index (χ2v) is 4.64. The van der Waals surface area contributed by atoms with Crippen LogP contribution in [0.1, 0.15) is 5.56 Å². The summed E-state index contributed by atoms with van der Waals surface area (Å²) < 4.78 is 22.0. The molecule has 4 nitrogen and oxygen atoms in total. The first-order valence-corrected chi connectivity index (χ1v) is 5.23. The van der Waals surface area contributed by atoms with E-state index in [0.29, 0.717) is 0 Å². The largest absolute Gasteiger partial charge is 0.384 e. The first-order valence-electron chi connectivity index (χ1n) is 3.34. The number of nitrogens with zero attached hydrogens (tertiary/aromatic N) is 1. The maximum Gasteiger partial charge on any atom is 0.192 e. The maximum atomic E-state index is 11.0. The molecule has 0 amide bonds. The zero-order valence-electron chi connectivity index (χ0n) is 6.90. The van der Waals surface area contributed by atoms with Crippen molar-refractivity contribution in [2.24, 2.45) is 0 Å². The third-order valence-electron chi connectivity index (χ3n) is 1.35. The van der Waals surface area contributed by atoms with Crippen molar-refractivity contribution in [1.29, 1.82) is 0 Å². The van der Waals surface area contributed by atoms with Gasteiger partial charge in [0.25, 0.3) is 0 Å². The Morgan fingerprint density at radius 1 is 1.42 bits per heavy atom. The minimum atomic E-state index is -3.24. The minimum absolute atomic E-state index is 0.0278. The molecular formula is C7H10N2O2S. The Labute approximate surface area is 71.3 Å². The molecule has 0 aromatic carbocycles. The first kappa shape index (κ1) is 8.99. The number of anilines is 1. The molecule has 0 aliphatic carbocycles. The van der Waals surface area contributed by atoms with Gasteiger partial charge in [0.2, 0.25) is 0 Å². The Kier molecular flexibility index (Phi) is 2.06. The number of aromatic nitrogens is 1. The van der Waals surface area contributed by atoms with Gasteiger partial charge < -0.3 is 5.73 Å². The number of pyridine rings is 1. The molecule has 0 bridgehead atoms. The second-order valence-electron chi connectivity index (χ2n) is 2.68. The third kappa shape index (κ3) is 1.94. The Morgan fingerprint density at radius 3 is 2.42 bits per heavy atom. The molecule has 5 heteroatoms. The van der Waals surface area contributed by atoms with E-state index in [-0.39, 0.29) is 10.8 Å². The molecule has 66 valence electrons. The van der Waals surface area contributed by atoms with Crippen molar-refractivity contribution in [3.63, 3.8) is 0 Å². The smallest absolute Gasteiger partial charge is 0.192 e. The van der Waals surface area contributed by atoms with Crippen molar-refractivity contribution >= 4 is 15.7 Å². The van der Waals surface area contributed by atoms with Crippen LogP contribution in [0.15, 0.2) is 17.2 Å². The summed E-state index contributed by atoms with van der Waals surface area (Å²) in [5.74, 6) is 0.232. The molecule has 0 unspecified atom stereocenters. The molecule has 0 fully saturated rings. The van der Waals surface area contributed by atoms with Crippen LogP contribution in [0, 0.1) is 6.92 Å². The van der Waals surface area contributed by atoms with Crippen LogP contribution in [0.25, 0.3) is 0 Å². The van der Waals surface area contributed by atoms with Gasteiger partial charge in [-0.05, 0) is 24.6 Å². The molecule has 12 heavy (non-hydrogen) atoms. The van der Waals surface area contributed by atoms with Gasteiger partial charge in [0, 0.05) is 6.26 Å². The summed E-state index contributed by atoms with van der Waals surface area (Å²) in [6.45, 7) is 1.77. The average molecular weight is 186 g/mol. The lowest BCUT2D eigenvalue weighted by atomic mass is 10.3. The zero-order chi connectivity index (χ0) is 9.35. The van der Waals surface area contributed by atoms with E-state index in [9.17, 15) is 8.42 Å². The van der Waals surface area contributed by atoms with Crippen molar-refractivity contribution in [2.75, 3.05) is 12.0 Å². The van der Waals surface area contributed by atoms with Crippen LogP contribution < -0.4 is 5.73 Å². The van der Waals surface area contributed by atoms with Crippen LogP contribution in [0.3, 0.4) is 0 Å². The molecule has 0 spiro atoms. The fraction of sp³-hybridized carbons (Fsp3) is 0.286. The molecule has 1 heterocycles. The van der Waals surface area contributed by atoms with Crippen molar-refractivity contribution in [3.05, 3.63) is 17.7 Å². The van der Waals surface area contributed by atoms with Crippen LogP contribution in [0.4, 0.5) is 5.82 Å². The summed E-state index contributed by atoms with van der Waals surface area (Å²) >= 11 is 0. The number of rotatable bonds is 1.